The number of carbonyl (C=O) groups is 1. The van der Waals surface area contributed by atoms with Crippen LogP contribution in [0.4, 0.5) is 10.5 Å². The first-order valence-electron chi connectivity index (χ1n) is 8.45. The fourth-order valence-electron chi connectivity index (χ4n) is 2.62. The third-order valence-electron chi connectivity index (χ3n) is 4.08. The highest BCUT2D eigenvalue weighted by Crippen LogP contribution is 2.28. The minimum Gasteiger partial charge on any atom is -0.481 e. The summed E-state index contributed by atoms with van der Waals surface area (Å²) in [6.07, 6.45) is 1.73. The van der Waals surface area contributed by atoms with Crippen LogP contribution >= 0.6 is 11.6 Å². The van der Waals surface area contributed by atoms with Crippen molar-refractivity contribution in [3.05, 3.63) is 59.1 Å². The Hall–Kier alpha value is -3.10. The average molecular weight is 402 g/mol. The molecule has 0 bridgehead atoms. The SMILES string of the molecule is COC(=O)Nc1ccc(-c2nc([C@@H](N)Cc3ccc(OC)nc3)[nH]c2Cl)cc1. The Balaban J connectivity index is 1.73. The van der Waals surface area contributed by atoms with Gasteiger partial charge in [0.25, 0.3) is 0 Å². The number of H-pyrrole nitrogens is 1. The van der Waals surface area contributed by atoms with Crippen LogP contribution in [0.25, 0.3) is 11.3 Å². The number of rotatable bonds is 6. The number of nitrogens with zero attached hydrogens (tertiary/aromatic N) is 2. The second-order valence-corrected chi connectivity index (χ2v) is 6.38. The van der Waals surface area contributed by atoms with E-state index in [4.69, 9.17) is 22.1 Å². The van der Waals surface area contributed by atoms with Gasteiger partial charge in [0.05, 0.1) is 20.3 Å². The van der Waals surface area contributed by atoms with Gasteiger partial charge in [-0.1, -0.05) is 29.8 Å². The third-order valence-corrected chi connectivity index (χ3v) is 4.36. The Labute approximate surface area is 167 Å². The maximum absolute atomic E-state index is 11.3. The lowest BCUT2D eigenvalue weighted by atomic mass is 10.1. The molecule has 0 aliphatic rings. The second kappa shape index (κ2) is 8.73. The standard InChI is InChI=1S/C19H20ClN5O3/c1-27-15-8-3-11(10-22-15)9-14(21)18-24-16(17(20)25-18)12-4-6-13(7-5-12)23-19(26)28-2/h3-8,10,14H,9,21H2,1-2H3,(H,23,26)(H,24,25)/t14-/m0/s1. The van der Waals surface area contributed by atoms with Crippen LogP contribution < -0.4 is 15.8 Å². The van der Waals surface area contributed by atoms with E-state index >= 15 is 0 Å². The number of benzene rings is 1. The van der Waals surface area contributed by atoms with E-state index in [0.29, 0.717) is 34.7 Å². The van der Waals surface area contributed by atoms with Crippen molar-refractivity contribution in [2.75, 3.05) is 19.5 Å². The first-order chi connectivity index (χ1) is 13.5. The largest absolute Gasteiger partial charge is 0.481 e. The van der Waals surface area contributed by atoms with Crippen LogP contribution in [-0.2, 0) is 11.2 Å². The highest BCUT2D eigenvalue weighted by Gasteiger charge is 2.16. The molecule has 0 spiro atoms. The molecular weight excluding hydrogens is 382 g/mol. The molecule has 1 amide bonds. The normalized spacial score (nSPS) is 11.7. The van der Waals surface area contributed by atoms with Gasteiger partial charge in [0.15, 0.2) is 0 Å². The zero-order valence-electron chi connectivity index (χ0n) is 15.4. The zero-order valence-corrected chi connectivity index (χ0v) is 16.2. The third kappa shape index (κ3) is 4.59. The number of methoxy groups -OCH3 is 2. The van der Waals surface area contributed by atoms with E-state index in [9.17, 15) is 4.79 Å². The molecule has 0 radical (unpaired) electrons. The van der Waals surface area contributed by atoms with Crippen LogP contribution in [0.5, 0.6) is 5.88 Å². The van der Waals surface area contributed by atoms with Crippen molar-refractivity contribution in [3.63, 3.8) is 0 Å². The number of nitrogens with two attached hydrogens (primary N) is 1. The quantitative estimate of drug-likeness (QED) is 0.581. The van der Waals surface area contributed by atoms with Crippen molar-refractivity contribution < 1.29 is 14.3 Å². The molecule has 0 unspecified atom stereocenters. The molecule has 28 heavy (non-hydrogen) atoms. The predicted octanol–water partition coefficient (Wildman–Crippen LogP) is 3.55. The average Bonchev–Trinajstić information content (AvgIpc) is 3.11. The minimum atomic E-state index is -0.535. The molecule has 8 nitrogen and oxygen atoms in total. The second-order valence-electron chi connectivity index (χ2n) is 6.00. The summed E-state index contributed by atoms with van der Waals surface area (Å²) in [7, 11) is 2.87. The molecule has 2 heterocycles. The number of anilines is 1. The molecule has 0 saturated carbocycles. The molecule has 146 valence electrons. The fourth-order valence-corrected chi connectivity index (χ4v) is 2.87. The molecule has 9 heteroatoms. The number of nitrogens with one attached hydrogen (secondary N) is 2. The van der Waals surface area contributed by atoms with Crippen LogP contribution in [0.3, 0.4) is 0 Å². The number of imidazole rings is 1. The van der Waals surface area contributed by atoms with E-state index in [1.807, 2.05) is 6.07 Å². The van der Waals surface area contributed by atoms with Crippen molar-refractivity contribution in [1.82, 2.24) is 15.0 Å². The van der Waals surface area contributed by atoms with E-state index < -0.39 is 6.09 Å². The van der Waals surface area contributed by atoms with E-state index in [2.05, 4.69) is 25.0 Å². The van der Waals surface area contributed by atoms with Crippen molar-refractivity contribution in [3.8, 4) is 17.1 Å². The van der Waals surface area contributed by atoms with Crippen LogP contribution in [0.15, 0.2) is 42.6 Å². The smallest absolute Gasteiger partial charge is 0.411 e. The molecule has 3 rings (SSSR count). The summed E-state index contributed by atoms with van der Waals surface area (Å²) < 4.78 is 9.62. The monoisotopic (exact) mass is 401 g/mol. The van der Waals surface area contributed by atoms with Crippen molar-refractivity contribution in [2.45, 2.75) is 12.5 Å². The summed E-state index contributed by atoms with van der Waals surface area (Å²) in [5.74, 6) is 1.12. The topological polar surface area (TPSA) is 115 Å². The number of carbonyl (C=O) groups excluding carboxylic acids is 1. The van der Waals surface area contributed by atoms with Crippen LogP contribution in [-0.4, -0.2) is 35.3 Å². The maximum atomic E-state index is 11.3. The lowest BCUT2D eigenvalue weighted by molar-refractivity contribution is 0.187. The number of hydrogen-bond donors (Lipinski definition) is 3. The Morgan fingerprint density at radius 1 is 1.25 bits per heavy atom. The van der Waals surface area contributed by atoms with Gasteiger partial charge in [0.2, 0.25) is 5.88 Å². The van der Waals surface area contributed by atoms with E-state index in [1.54, 1.807) is 43.6 Å². The van der Waals surface area contributed by atoms with Gasteiger partial charge in [-0.25, -0.2) is 14.8 Å². The Morgan fingerprint density at radius 3 is 2.61 bits per heavy atom. The van der Waals surface area contributed by atoms with E-state index in [0.717, 1.165) is 11.1 Å². The maximum Gasteiger partial charge on any atom is 0.411 e. The molecule has 0 saturated heterocycles. The molecule has 0 fully saturated rings. The van der Waals surface area contributed by atoms with Crippen molar-refractivity contribution in [2.24, 2.45) is 5.73 Å². The Morgan fingerprint density at radius 2 is 2.00 bits per heavy atom. The molecule has 3 aromatic rings. The zero-order chi connectivity index (χ0) is 20.1. The van der Waals surface area contributed by atoms with Gasteiger partial charge >= 0.3 is 6.09 Å². The van der Waals surface area contributed by atoms with Gasteiger partial charge in [-0.15, -0.1) is 0 Å². The number of amides is 1. The van der Waals surface area contributed by atoms with Gasteiger partial charge in [-0.3, -0.25) is 5.32 Å². The first-order valence-corrected chi connectivity index (χ1v) is 8.83. The molecule has 0 aliphatic heterocycles. The van der Waals surface area contributed by atoms with E-state index in [1.165, 1.54) is 7.11 Å². The highest BCUT2D eigenvalue weighted by molar-refractivity contribution is 6.31. The molecule has 0 aliphatic carbocycles. The van der Waals surface area contributed by atoms with Gasteiger partial charge in [0.1, 0.15) is 16.7 Å². The predicted molar refractivity (Wildman–Crippen MR) is 106 cm³/mol. The number of ether oxygens (including phenoxy) is 2. The molecule has 1 atom stereocenters. The summed E-state index contributed by atoms with van der Waals surface area (Å²) in [6.45, 7) is 0. The number of pyridine rings is 1. The number of aromatic nitrogens is 3. The van der Waals surface area contributed by atoms with Crippen LogP contribution in [0, 0.1) is 0 Å². The number of aromatic amines is 1. The highest BCUT2D eigenvalue weighted by atomic mass is 35.5. The molecular formula is C19H20ClN5O3. The van der Waals surface area contributed by atoms with Gasteiger partial charge in [0, 0.05) is 23.5 Å². The first kappa shape index (κ1) is 19.7. The molecule has 1 aromatic carbocycles. The fraction of sp³-hybridized carbons (Fsp3) is 0.211. The lowest BCUT2D eigenvalue weighted by Crippen LogP contribution is -2.15. The molecule has 2 aromatic heterocycles. The van der Waals surface area contributed by atoms with Gasteiger partial charge < -0.3 is 20.2 Å². The summed E-state index contributed by atoms with van der Waals surface area (Å²) in [6, 6.07) is 10.4. The summed E-state index contributed by atoms with van der Waals surface area (Å²) >= 11 is 6.32. The molecule has 4 N–H and O–H groups in total. The number of hydrogen-bond acceptors (Lipinski definition) is 6. The van der Waals surface area contributed by atoms with Crippen LogP contribution in [0.1, 0.15) is 17.4 Å². The van der Waals surface area contributed by atoms with Crippen LogP contribution in [0.2, 0.25) is 5.15 Å². The van der Waals surface area contributed by atoms with Crippen molar-refractivity contribution in [1.29, 1.82) is 0 Å². The minimum absolute atomic E-state index is 0.373. The summed E-state index contributed by atoms with van der Waals surface area (Å²) in [4.78, 5) is 23.0. The Bertz CT molecular complexity index is 941. The number of halogens is 1. The van der Waals surface area contributed by atoms with Gasteiger partial charge in [-0.05, 0) is 24.1 Å². The summed E-state index contributed by atoms with van der Waals surface area (Å²) in [5.41, 5.74) is 9.22. The van der Waals surface area contributed by atoms with E-state index in [-0.39, 0.29) is 6.04 Å². The Kier molecular flexibility index (Phi) is 6.13. The van der Waals surface area contributed by atoms with Crippen molar-refractivity contribution >= 4 is 23.4 Å². The lowest BCUT2D eigenvalue weighted by Gasteiger charge is -2.09. The van der Waals surface area contributed by atoms with Gasteiger partial charge in [-0.2, -0.15) is 0 Å². The summed E-state index contributed by atoms with van der Waals surface area (Å²) in [5, 5.41) is 2.98.